The Labute approximate surface area is 186 Å². The fraction of sp³-hybridized carbons (Fsp3) is 0.381. The summed E-state index contributed by atoms with van der Waals surface area (Å²) in [6.45, 7) is 2.21. The number of nitrogens with zero attached hydrogens (tertiary/aromatic N) is 3. The van der Waals surface area contributed by atoms with Gasteiger partial charge < -0.3 is 10.4 Å². The monoisotopic (exact) mass is 461 g/mol. The lowest BCUT2D eigenvalue weighted by Crippen LogP contribution is -2.43. The summed E-state index contributed by atoms with van der Waals surface area (Å²) in [4.78, 5) is 28.4. The molecule has 0 spiro atoms. The molecule has 3 aliphatic rings. The first kappa shape index (κ1) is 21.1. The molecule has 3 aliphatic heterocycles. The van der Waals surface area contributed by atoms with Gasteiger partial charge in [0.25, 0.3) is 0 Å². The Hall–Kier alpha value is -2.73. The average Bonchev–Trinajstić information content (AvgIpc) is 3.50. The fourth-order valence-corrected chi connectivity index (χ4v) is 5.07. The number of halogens is 2. The third-order valence-corrected chi connectivity index (χ3v) is 6.89. The number of carboxylic acids is 1. The van der Waals surface area contributed by atoms with Gasteiger partial charge in [-0.15, -0.1) is 11.3 Å². The molecule has 2 fully saturated rings. The van der Waals surface area contributed by atoms with Crippen molar-refractivity contribution in [1.29, 1.82) is 0 Å². The molecule has 0 radical (unpaired) electrons. The summed E-state index contributed by atoms with van der Waals surface area (Å²) < 4.78 is 28.8. The van der Waals surface area contributed by atoms with Crippen LogP contribution in [0, 0.1) is 12.7 Å². The normalized spacial score (nSPS) is 27.9. The van der Waals surface area contributed by atoms with Gasteiger partial charge in [0, 0.05) is 30.4 Å². The van der Waals surface area contributed by atoms with E-state index in [1.165, 1.54) is 23.5 Å². The van der Waals surface area contributed by atoms with Gasteiger partial charge in [-0.05, 0) is 24.1 Å². The summed E-state index contributed by atoms with van der Waals surface area (Å²) in [5, 5.41) is 15.6. The van der Waals surface area contributed by atoms with Crippen LogP contribution in [0.1, 0.15) is 22.2 Å². The molecule has 3 unspecified atom stereocenters. The Morgan fingerprint density at radius 2 is 2.28 bits per heavy atom. The molecule has 0 bridgehead atoms. The van der Waals surface area contributed by atoms with Gasteiger partial charge in [0.1, 0.15) is 18.0 Å². The molecule has 168 valence electrons. The zero-order chi connectivity index (χ0) is 22.4. The van der Waals surface area contributed by atoms with E-state index < -0.39 is 30.0 Å². The van der Waals surface area contributed by atoms with Gasteiger partial charge in [0.15, 0.2) is 10.8 Å². The number of hydrogen-bond acceptors (Lipinski definition) is 8. The molecule has 11 heteroatoms. The standard InChI is InChI=1S/C21H21F2N5O3S/c1-10-11(3-2-4-12(10)22)17-16(21(29)30)14(25-19(26-17)20-24-5-6-32-20)8-28-7-13(23)18-15(28)9-31-27-18/h2-6,13,15,17-18,27H,7-9H2,1H3,(H,25,26)(H,29,30)/t13?,15?,17-,18?/m0/s1. The van der Waals surface area contributed by atoms with Crippen molar-refractivity contribution in [3.05, 3.63) is 63.0 Å². The highest BCUT2D eigenvalue weighted by atomic mass is 32.1. The first-order chi connectivity index (χ1) is 15.4. The number of carbonyl (C=O) groups is 1. The third kappa shape index (κ3) is 3.60. The number of nitrogens with one attached hydrogen (secondary N) is 2. The number of hydrogen-bond donors (Lipinski definition) is 3. The fourth-order valence-electron chi connectivity index (χ4n) is 4.48. The smallest absolute Gasteiger partial charge is 0.335 e. The van der Waals surface area contributed by atoms with E-state index in [4.69, 9.17) is 4.84 Å². The number of thiazole rings is 1. The third-order valence-electron chi connectivity index (χ3n) is 6.11. The number of alkyl halides is 1. The summed E-state index contributed by atoms with van der Waals surface area (Å²) in [6.07, 6.45) is 0.497. The Balaban J connectivity index is 1.59. The highest BCUT2D eigenvalue weighted by Crippen LogP contribution is 2.36. The van der Waals surface area contributed by atoms with Gasteiger partial charge in [-0.25, -0.2) is 18.6 Å². The lowest BCUT2D eigenvalue weighted by atomic mass is 9.92. The number of benzene rings is 1. The minimum absolute atomic E-state index is 0.00439. The predicted octanol–water partition coefficient (Wildman–Crippen LogP) is 1.95. The number of rotatable bonds is 5. The summed E-state index contributed by atoms with van der Waals surface area (Å²) in [5.41, 5.74) is 3.88. The number of aliphatic carboxylic acids is 1. The van der Waals surface area contributed by atoms with Crippen LogP contribution in [0.5, 0.6) is 0 Å². The van der Waals surface area contributed by atoms with Crippen molar-refractivity contribution in [1.82, 2.24) is 20.7 Å². The number of hydroxylamine groups is 1. The van der Waals surface area contributed by atoms with Crippen molar-refractivity contribution in [3.8, 4) is 0 Å². The maximum Gasteiger partial charge on any atom is 0.335 e. The van der Waals surface area contributed by atoms with Crippen molar-refractivity contribution in [2.75, 3.05) is 19.7 Å². The van der Waals surface area contributed by atoms with E-state index in [1.54, 1.807) is 24.6 Å². The van der Waals surface area contributed by atoms with Crippen LogP contribution in [0.3, 0.4) is 0 Å². The van der Waals surface area contributed by atoms with Crippen molar-refractivity contribution < 1.29 is 23.5 Å². The molecule has 1 aromatic heterocycles. The second-order valence-corrected chi connectivity index (χ2v) is 8.86. The van der Waals surface area contributed by atoms with Gasteiger partial charge in [-0.1, -0.05) is 12.1 Å². The molecule has 4 atom stereocenters. The summed E-state index contributed by atoms with van der Waals surface area (Å²) in [5.74, 6) is -1.20. The molecular weight excluding hydrogens is 440 g/mol. The minimum Gasteiger partial charge on any atom is -0.478 e. The maximum absolute atomic E-state index is 14.5. The van der Waals surface area contributed by atoms with Crippen LogP contribution in [0.15, 0.2) is 46.0 Å². The van der Waals surface area contributed by atoms with Crippen molar-refractivity contribution in [2.45, 2.75) is 31.2 Å². The van der Waals surface area contributed by atoms with E-state index in [0.29, 0.717) is 34.3 Å². The van der Waals surface area contributed by atoms with Gasteiger partial charge >= 0.3 is 5.97 Å². The van der Waals surface area contributed by atoms with E-state index in [0.717, 1.165) is 0 Å². The zero-order valence-electron chi connectivity index (χ0n) is 17.1. The molecular formula is C21H21F2N5O3S. The first-order valence-corrected chi connectivity index (χ1v) is 11.0. The largest absolute Gasteiger partial charge is 0.478 e. The number of likely N-dealkylation sites (tertiary alicyclic amines) is 1. The molecule has 0 amide bonds. The Kier molecular flexibility index (Phi) is 5.49. The lowest BCUT2D eigenvalue weighted by Gasteiger charge is -2.30. The lowest BCUT2D eigenvalue weighted by molar-refractivity contribution is -0.133. The Morgan fingerprint density at radius 3 is 3.03 bits per heavy atom. The van der Waals surface area contributed by atoms with Crippen LogP contribution in [0.2, 0.25) is 0 Å². The molecule has 2 aromatic rings. The number of aliphatic imine (C=N–C) groups is 1. The average molecular weight is 461 g/mol. The highest BCUT2D eigenvalue weighted by Gasteiger charge is 2.47. The van der Waals surface area contributed by atoms with Gasteiger partial charge in [-0.2, -0.15) is 5.48 Å². The van der Waals surface area contributed by atoms with Gasteiger partial charge in [-0.3, -0.25) is 14.7 Å². The highest BCUT2D eigenvalue weighted by molar-refractivity contribution is 7.11. The zero-order valence-corrected chi connectivity index (χ0v) is 17.9. The molecule has 5 rings (SSSR count). The van der Waals surface area contributed by atoms with Crippen LogP contribution in [0.25, 0.3) is 0 Å². The molecule has 32 heavy (non-hydrogen) atoms. The summed E-state index contributed by atoms with van der Waals surface area (Å²) in [7, 11) is 0. The summed E-state index contributed by atoms with van der Waals surface area (Å²) in [6, 6.07) is 2.94. The molecule has 8 nitrogen and oxygen atoms in total. The molecule has 2 saturated heterocycles. The quantitative estimate of drug-likeness (QED) is 0.626. The van der Waals surface area contributed by atoms with Crippen molar-refractivity contribution in [3.63, 3.8) is 0 Å². The summed E-state index contributed by atoms with van der Waals surface area (Å²) >= 11 is 1.35. The molecule has 0 saturated carbocycles. The second kappa shape index (κ2) is 8.32. The van der Waals surface area contributed by atoms with Crippen LogP contribution in [-0.4, -0.2) is 64.7 Å². The number of carboxylic acid groups (broad SMARTS) is 1. The maximum atomic E-state index is 14.5. The van der Waals surface area contributed by atoms with Crippen LogP contribution >= 0.6 is 11.3 Å². The minimum atomic E-state index is -1.17. The van der Waals surface area contributed by atoms with E-state index in [9.17, 15) is 18.7 Å². The van der Waals surface area contributed by atoms with Crippen molar-refractivity contribution >= 4 is 23.1 Å². The SMILES string of the molecule is Cc1c(F)cccc1[C@@H]1N=C(c2nccs2)NC(CN2CC(F)C3NOCC32)=C1C(=O)O. The predicted molar refractivity (Wildman–Crippen MR) is 113 cm³/mol. The van der Waals surface area contributed by atoms with Gasteiger partial charge in [0.05, 0.1) is 24.3 Å². The van der Waals surface area contributed by atoms with Gasteiger partial charge in [0.2, 0.25) is 0 Å². The van der Waals surface area contributed by atoms with Crippen LogP contribution in [0.4, 0.5) is 8.78 Å². The first-order valence-electron chi connectivity index (χ1n) is 10.2. The van der Waals surface area contributed by atoms with E-state index in [-0.39, 0.29) is 24.7 Å². The molecule has 3 N–H and O–H groups in total. The van der Waals surface area contributed by atoms with E-state index in [2.05, 4.69) is 20.8 Å². The van der Waals surface area contributed by atoms with Crippen LogP contribution in [-0.2, 0) is 9.63 Å². The Bertz CT molecular complexity index is 1110. The van der Waals surface area contributed by atoms with Crippen LogP contribution < -0.4 is 10.8 Å². The number of fused-ring (bicyclic) bond motifs is 1. The number of aromatic nitrogens is 1. The van der Waals surface area contributed by atoms with E-state index in [1.807, 2.05) is 4.90 Å². The number of amidine groups is 1. The van der Waals surface area contributed by atoms with Crippen molar-refractivity contribution in [2.24, 2.45) is 4.99 Å². The molecule has 1 aromatic carbocycles. The topological polar surface area (TPSA) is 99.1 Å². The second-order valence-electron chi connectivity index (χ2n) is 7.96. The molecule has 4 heterocycles. The van der Waals surface area contributed by atoms with E-state index >= 15 is 0 Å². The molecule has 0 aliphatic carbocycles. The Morgan fingerprint density at radius 1 is 1.44 bits per heavy atom.